The maximum Gasteiger partial charge on any atom is 0.295 e. The predicted octanol–water partition coefficient (Wildman–Crippen LogP) is 3.19. The van der Waals surface area contributed by atoms with Crippen molar-refractivity contribution in [1.82, 2.24) is 0 Å². The number of rotatable bonds is 5. The van der Waals surface area contributed by atoms with Crippen molar-refractivity contribution in [1.29, 1.82) is 0 Å². The Balaban J connectivity index is 2.80. The average molecular weight is 226 g/mol. The van der Waals surface area contributed by atoms with Gasteiger partial charge in [0.1, 0.15) is 5.69 Å². The van der Waals surface area contributed by atoms with Crippen molar-refractivity contribution in [3.63, 3.8) is 0 Å². The van der Waals surface area contributed by atoms with Crippen LogP contribution in [0.5, 0.6) is 0 Å². The van der Waals surface area contributed by atoms with Gasteiger partial charge in [-0.15, -0.1) is 0 Å². The number of hydrogen-bond acceptors (Lipinski definition) is 3. The second kappa shape index (κ2) is 5.44. The van der Waals surface area contributed by atoms with E-state index in [2.05, 4.69) is 5.32 Å². The first kappa shape index (κ1) is 12.4. The number of halogens is 1. The smallest absolute Gasteiger partial charge is 0.295 e. The summed E-state index contributed by atoms with van der Waals surface area (Å²) in [7, 11) is 0. The topological polar surface area (TPSA) is 55.2 Å². The lowest BCUT2D eigenvalue weighted by Crippen LogP contribution is -2.08. The maximum absolute atomic E-state index is 13.4. The monoisotopic (exact) mass is 226 g/mol. The molecule has 5 heteroatoms. The summed E-state index contributed by atoms with van der Waals surface area (Å²) in [4.78, 5) is 10.1. The van der Waals surface area contributed by atoms with E-state index >= 15 is 0 Å². The van der Waals surface area contributed by atoms with Gasteiger partial charge >= 0.3 is 0 Å². The van der Waals surface area contributed by atoms with Crippen molar-refractivity contribution >= 4 is 11.4 Å². The summed E-state index contributed by atoms with van der Waals surface area (Å²) in [6.45, 7) is 4.61. The molecule has 0 aliphatic heterocycles. The standard InChI is InChI=1S/C11H15FN2O2/c1-8(2)6-7-13-11-9(12)4-3-5-10(11)14(15)16/h3-5,8,13H,6-7H2,1-2H3. The predicted molar refractivity (Wildman–Crippen MR) is 61.0 cm³/mol. The minimum Gasteiger partial charge on any atom is -0.377 e. The van der Waals surface area contributed by atoms with Crippen LogP contribution in [0.25, 0.3) is 0 Å². The number of benzene rings is 1. The highest BCUT2D eigenvalue weighted by molar-refractivity contribution is 5.62. The van der Waals surface area contributed by atoms with Crippen LogP contribution in [0.2, 0.25) is 0 Å². The molecule has 0 aromatic heterocycles. The molecule has 0 fully saturated rings. The Morgan fingerprint density at radius 1 is 1.50 bits per heavy atom. The van der Waals surface area contributed by atoms with Crippen molar-refractivity contribution in [3.8, 4) is 0 Å². The molecule has 0 amide bonds. The van der Waals surface area contributed by atoms with Gasteiger partial charge in [0.15, 0.2) is 5.82 Å². The molecule has 0 radical (unpaired) electrons. The summed E-state index contributed by atoms with van der Waals surface area (Å²) in [5, 5.41) is 13.4. The third kappa shape index (κ3) is 3.18. The Morgan fingerprint density at radius 3 is 2.75 bits per heavy atom. The van der Waals surface area contributed by atoms with Gasteiger partial charge in [0.05, 0.1) is 4.92 Å². The highest BCUT2D eigenvalue weighted by Gasteiger charge is 2.16. The third-order valence-corrected chi connectivity index (χ3v) is 2.21. The molecule has 0 saturated heterocycles. The van der Waals surface area contributed by atoms with Crippen LogP contribution in [0.15, 0.2) is 18.2 Å². The zero-order valence-electron chi connectivity index (χ0n) is 9.37. The first-order valence-corrected chi connectivity index (χ1v) is 5.19. The molecule has 1 N–H and O–H groups in total. The molecular formula is C11H15FN2O2. The second-order valence-corrected chi connectivity index (χ2v) is 4.00. The van der Waals surface area contributed by atoms with Gasteiger partial charge in [-0.25, -0.2) is 4.39 Å². The largest absolute Gasteiger partial charge is 0.377 e. The van der Waals surface area contributed by atoms with E-state index in [1.807, 2.05) is 13.8 Å². The van der Waals surface area contributed by atoms with E-state index in [9.17, 15) is 14.5 Å². The Morgan fingerprint density at radius 2 is 2.19 bits per heavy atom. The summed E-state index contributed by atoms with van der Waals surface area (Å²) >= 11 is 0. The maximum atomic E-state index is 13.4. The number of nitrogens with zero attached hydrogens (tertiary/aromatic N) is 1. The van der Waals surface area contributed by atoms with Crippen molar-refractivity contribution in [3.05, 3.63) is 34.1 Å². The molecule has 0 saturated carbocycles. The summed E-state index contributed by atoms with van der Waals surface area (Å²) in [6, 6.07) is 3.84. The summed E-state index contributed by atoms with van der Waals surface area (Å²) in [6.07, 6.45) is 0.839. The number of nitrogens with one attached hydrogen (secondary N) is 1. The lowest BCUT2D eigenvalue weighted by molar-refractivity contribution is -0.384. The van der Waals surface area contributed by atoms with E-state index in [1.165, 1.54) is 18.2 Å². The number of hydrogen-bond donors (Lipinski definition) is 1. The van der Waals surface area contributed by atoms with E-state index in [0.717, 1.165) is 6.42 Å². The quantitative estimate of drug-likeness (QED) is 0.619. The van der Waals surface area contributed by atoms with Crippen LogP contribution in [0.3, 0.4) is 0 Å². The molecule has 1 rings (SSSR count). The van der Waals surface area contributed by atoms with Gasteiger partial charge in [0.25, 0.3) is 5.69 Å². The zero-order valence-corrected chi connectivity index (χ0v) is 9.37. The van der Waals surface area contributed by atoms with E-state index < -0.39 is 10.7 Å². The molecule has 88 valence electrons. The summed E-state index contributed by atoms with van der Waals surface area (Å²) in [5.41, 5.74) is -0.239. The van der Waals surface area contributed by atoms with Gasteiger partial charge in [-0.05, 0) is 18.4 Å². The Bertz CT molecular complexity index is 380. The van der Waals surface area contributed by atoms with E-state index in [4.69, 9.17) is 0 Å². The third-order valence-electron chi connectivity index (χ3n) is 2.21. The van der Waals surface area contributed by atoms with Gasteiger partial charge in [0, 0.05) is 12.6 Å². The number of nitro benzene ring substituents is 1. The highest BCUT2D eigenvalue weighted by atomic mass is 19.1. The van der Waals surface area contributed by atoms with E-state index in [-0.39, 0.29) is 11.4 Å². The highest BCUT2D eigenvalue weighted by Crippen LogP contribution is 2.26. The normalized spacial score (nSPS) is 10.5. The molecule has 0 atom stereocenters. The van der Waals surface area contributed by atoms with Crippen LogP contribution in [0.4, 0.5) is 15.8 Å². The molecule has 1 aromatic carbocycles. The first-order valence-electron chi connectivity index (χ1n) is 5.19. The fourth-order valence-corrected chi connectivity index (χ4v) is 1.33. The summed E-state index contributed by atoms with van der Waals surface area (Å²) < 4.78 is 13.4. The number of para-hydroxylation sites is 1. The lowest BCUT2D eigenvalue weighted by atomic mass is 10.1. The van der Waals surface area contributed by atoms with Gasteiger partial charge < -0.3 is 5.32 Å². The molecule has 16 heavy (non-hydrogen) atoms. The second-order valence-electron chi connectivity index (χ2n) is 4.00. The SMILES string of the molecule is CC(C)CCNc1c(F)cccc1[N+](=O)[O-]. The summed E-state index contributed by atoms with van der Waals surface area (Å²) in [5.74, 6) is -0.115. The van der Waals surface area contributed by atoms with Crippen molar-refractivity contribution in [2.45, 2.75) is 20.3 Å². The molecule has 1 aromatic rings. The molecule has 0 aliphatic rings. The van der Waals surface area contributed by atoms with Gasteiger partial charge in [0.2, 0.25) is 0 Å². The van der Waals surface area contributed by atoms with Gasteiger partial charge in [-0.3, -0.25) is 10.1 Å². The molecule has 0 bridgehead atoms. The van der Waals surface area contributed by atoms with Gasteiger partial charge in [-0.1, -0.05) is 19.9 Å². The van der Waals surface area contributed by atoms with Crippen LogP contribution in [-0.4, -0.2) is 11.5 Å². The first-order chi connectivity index (χ1) is 7.52. The number of anilines is 1. The molecule has 0 unspecified atom stereocenters. The Hall–Kier alpha value is -1.65. The van der Waals surface area contributed by atoms with Crippen LogP contribution in [-0.2, 0) is 0 Å². The minimum absolute atomic E-state index is 0.0202. The minimum atomic E-state index is -0.585. The molecule has 0 spiro atoms. The van der Waals surface area contributed by atoms with Crippen LogP contribution < -0.4 is 5.32 Å². The molecular weight excluding hydrogens is 211 g/mol. The molecule has 4 nitrogen and oxygen atoms in total. The fraction of sp³-hybridized carbons (Fsp3) is 0.455. The fourth-order valence-electron chi connectivity index (χ4n) is 1.33. The van der Waals surface area contributed by atoms with Crippen LogP contribution in [0, 0.1) is 21.8 Å². The van der Waals surface area contributed by atoms with E-state index in [0.29, 0.717) is 12.5 Å². The average Bonchev–Trinajstić information content (AvgIpc) is 2.19. The van der Waals surface area contributed by atoms with E-state index in [1.54, 1.807) is 0 Å². The lowest BCUT2D eigenvalue weighted by Gasteiger charge is -2.09. The Labute approximate surface area is 93.6 Å². The van der Waals surface area contributed by atoms with Crippen LogP contribution >= 0.6 is 0 Å². The zero-order chi connectivity index (χ0) is 12.1. The molecule has 0 aliphatic carbocycles. The van der Waals surface area contributed by atoms with Crippen LogP contribution in [0.1, 0.15) is 20.3 Å². The molecule has 0 heterocycles. The van der Waals surface area contributed by atoms with Crippen molar-refractivity contribution in [2.75, 3.05) is 11.9 Å². The Kier molecular flexibility index (Phi) is 4.22. The van der Waals surface area contributed by atoms with Gasteiger partial charge in [-0.2, -0.15) is 0 Å². The van der Waals surface area contributed by atoms with Crippen molar-refractivity contribution < 1.29 is 9.31 Å². The van der Waals surface area contributed by atoms with Crippen molar-refractivity contribution in [2.24, 2.45) is 5.92 Å². The number of nitro groups is 1.